The molecule has 0 amide bonds. The van der Waals surface area contributed by atoms with Crippen LogP contribution >= 0.6 is 0 Å². The van der Waals surface area contributed by atoms with Gasteiger partial charge in [0, 0.05) is 16.8 Å². The molecule has 0 spiro atoms. The van der Waals surface area contributed by atoms with Crippen molar-refractivity contribution < 1.29 is 5.11 Å². The first kappa shape index (κ1) is 12.9. The van der Waals surface area contributed by atoms with Crippen LogP contribution in [0.2, 0.25) is 0 Å². The third-order valence-electron chi connectivity index (χ3n) is 6.79. The zero-order valence-electron chi connectivity index (χ0n) is 13.0. The number of nitrogens with one attached hydrogen (secondary N) is 1. The van der Waals surface area contributed by atoms with Crippen LogP contribution in [0, 0.1) is 43.9 Å². The number of hydrogen-bond donors (Lipinski definition) is 2. The summed E-state index contributed by atoms with van der Waals surface area (Å²) in [6.07, 6.45) is 7.82. The summed E-state index contributed by atoms with van der Waals surface area (Å²) in [6.45, 7) is 6.45. The summed E-state index contributed by atoms with van der Waals surface area (Å²) in [5.74, 6) is 2.69. The van der Waals surface area contributed by atoms with E-state index in [0.29, 0.717) is 0 Å². The Kier molecular flexibility index (Phi) is 2.67. The fourth-order valence-electron chi connectivity index (χ4n) is 5.96. The van der Waals surface area contributed by atoms with E-state index in [2.05, 4.69) is 25.8 Å². The average Bonchev–Trinajstić information content (AvgIpc) is 2.64. The molecular weight excluding hydrogens is 246 g/mol. The molecule has 110 valence electrons. The Morgan fingerprint density at radius 3 is 1.85 bits per heavy atom. The highest BCUT2D eigenvalue weighted by Crippen LogP contribution is 2.64. The van der Waals surface area contributed by atoms with Gasteiger partial charge in [-0.25, -0.2) is 0 Å². The van der Waals surface area contributed by atoms with Crippen molar-refractivity contribution in [3.8, 4) is 0 Å². The van der Waals surface area contributed by atoms with Crippen LogP contribution in [-0.2, 0) is 0 Å². The number of aromatic amines is 1. The summed E-state index contributed by atoms with van der Waals surface area (Å²) in [6, 6.07) is 0. The first-order valence-corrected chi connectivity index (χ1v) is 8.32. The summed E-state index contributed by atoms with van der Waals surface area (Å²) < 4.78 is 0. The highest BCUT2D eigenvalue weighted by Gasteiger charge is 2.54. The molecule has 1 heterocycles. The topological polar surface area (TPSA) is 36.0 Å². The Morgan fingerprint density at radius 2 is 1.45 bits per heavy atom. The first-order chi connectivity index (χ1) is 9.48. The molecule has 1 aromatic rings. The minimum absolute atomic E-state index is 0.184. The van der Waals surface area contributed by atoms with Crippen molar-refractivity contribution in [3.63, 3.8) is 0 Å². The maximum Gasteiger partial charge on any atom is 0.0996 e. The maximum absolute atomic E-state index is 11.2. The van der Waals surface area contributed by atoms with E-state index in [-0.39, 0.29) is 11.5 Å². The monoisotopic (exact) mass is 273 g/mol. The van der Waals surface area contributed by atoms with Gasteiger partial charge in [0.05, 0.1) is 6.10 Å². The van der Waals surface area contributed by atoms with E-state index < -0.39 is 0 Å². The van der Waals surface area contributed by atoms with Gasteiger partial charge in [-0.3, -0.25) is 0 Å². The van der Waals surface area contributed by atoms with Crippen LogP contribution in [0.5, 0.6) is 0 Å². The predicted octanol–water partition coefficient (Wildman–Crippen LogP) is 4.19. The summed E-state index contributed by atoms with van der Waals surface area (Å²) in [5.41, 5.74) is 5.13. The van der Waals surface area contributed by atoms with Crippen LogP contribution in [0.15, 0.2) is 0 Å². The highest BCUT2D eigenvalue weighted by molar-refractivity contribution is 5.36. The van der Waals surface area contributed by atoms with E-state index in [4.69, 9.17) is 0 Å². The first-order valence-electron chi connectivity index (χ1n) is 8.32. The average molecular weight is 273 g/mol. The van der Waals surface area contributed by atoms with E-state index in [1.54, 1.807) is 0 Å². The summed E-state index contributed by atoms with van der Waals surface area (Å²) in [4.78, 5) is 3.49. The van der Waals surface area contributed by atoms with Gasteiger partial charge in [-0.2, -0.15) is 0 Å². The van der Waals surface area contributed by atoms with Crippen molar-refractivity contribution in [3.05, 3.63) is 22.5 Å². The van der Waals surface area contributed by atoms with Crippen LogP contribution in [-0.4, -0.2) is 10.1 Å². The Labute approximate surface area is 122 Å². The molecule has 1 aromatic heterocycles. The lowest BCUT2D eigenvalue weighted by molar-refractivity contribution is -0.123. The molecule has 4 saturated carbocycles. The maximum atomic E-state index is 11.2. The Bertz CT molecular complexity index is 507. The molecule has 2 N–H and O–H groups in total. The molecule has 0 aliphatic heterocycles. The third-order valence-corrected chi connectivity index (χ3v) is 6.79. The van der Waals surface area contributed by atoms with Crippen molar-refractivity contribution in [1.29, 1.82) is 0 Å². The SMILES string of the molecule is Cc1[nH]c(C(O)C23CC4CC(CC(C4)C2)C3)c(C)c1C. The molecule has 2 heteroatoms. The highest BCUT2D eigenvalue weighted by atomic mass is 16.3. The molecule has 4 aliphatic rings. The summed E-state index contributed by atoms with van der Waals surface area (Å²) >= 11 is 0. The summed E-state index contributed by atoms with van der Waals surface area (Å²) in [7, 11) is 0. The molecule has 20 heavy (non-hydrogen) atoms. The molecule has 4 bridgehead atoms. The van der Waals surface area contributed by atoms with Crippen LogP contribution < -0.4 is 0 Å². The van der Waals surface area contributed by atoms with Crippen molar-refractivity contribution in [2.75, 3.05) is 0 Å². The van der Waals surface area contributed by atoms with E-state index in [9.17, 15) is 5.11 Å². The standard InChI is InChI=1S/C18H27NO/c1-10-11(2)16(19-12(10)3)17(20)18-7-13-4-14(8-18)6-15(5-13)9-18/h13-15,17,19-20H,4-9H2,1-3H3. The van der Waals surface area contributed by atoms with Gasteiger partial charge in [0.25, 0.3) is 0 Å². The minimum atomic E-state index is -0.275. The molecule has 1 atom stereocenters. The van der Waals surface area contributed by atoms with Gasteiger partial charge in [-0.05, 0) is 88.2 Å². The van der Waals surface area contributed by atoms with Crippen LogP contribution in [0.4, 0.5) is 0 Å². The lowest BCUT2D eigenvalue weighted by Gasteiger charge is -2.58. The van der Waals surface area contributed by atoms with Crippen molar-refractivity contribution >= 4 is 0 Å². The van der Waals surface area contributed by atoms with Crippen molar-refractivity contribution in [2.24, 2.45) is 23.2 Å². The molecular formula is C18H27NO. The smallest absolute Gasteiger partial charge is 0.0996 e. The number of aliphatic hydroxyl groups is 1. The molecule has 5 rings (SSSR count). The predicted molar refractivity (Wildman–Crippen MR) is 80.6 cm³/mol. The molecule has 2 nitrogen and oxygen atoms in total. The van der Waals surface area contributed by atoms with Gasteiger partial charge in [-0.1, -0.05) is 0 Å². The van der Waals surface area contributed by atoms with Gasteiger partial charge < -0.3 is 10.1 Å². The van der Waals surface area contributed by atoms with Crippen LogP contribution in [0.3, 0.4) is 0 Å². The largest absolute Gasteiger partial charge is 0.386 e. The molecule has 0 saturated heterocycles. The number of aryl methyl sites for hydroxylation is 1. The van der Waals surface area contributed by atoms with Crippen LogP contribution in [0.25, 0.3) is 0 Å². The summed E-state index contributed by atoms with van der Waals surface area (Å²) in [5, 5.41) is 11.2. The van der Waals surface area contributed by atoms with Gasteiger partial charge in [0.15, 0.2) is 0 Å². The van der Waals surface area contributed by atoms with Gasteiger partial charge in [-0.15, -0.1) is 0 Å². The van der Waals surface area contributed by atoms with Gasteiger partial charge >= 0.3 is 0 Å². The van der Waals surface area contributed by atoms with Crippen LogP contribution in [0.1, 0.15) is 67.1 Å². The van der Waals surface area contributed by atoms with Crippen molar-refractivity contribution in [1.82, 2.24) is 4.98 Å². The van der Waals surface area contributed by atoms with E-state index in [0.717, 1.165) is 23.4 Å². The molecule has 4 aliphatic carbocycles. The van der Waals surface area contributed by atoms with Crippen molar-refractivity contribution in [2.45, 2.75) is 65.4 Å². The number of H-pyrrole nitrogens is 1. The Hall–Kier alpha value is -0.760. The zero-order chi connectivity index (χ0) is 14.1. The van der Waals surface area contributed by atoms with Gasteiger partial charge in [0.2, 0.25) is 0 Å². The zero-order valence-corrected chi connectivity index (χ0v) is 13.0. The molecule has 0 radical (unpaired) electrons. The molecule has 4 fully saturated rings. The normalized spacial score (nSPS) is 40.3. The third kappa shape index (κ3) is 1.67. The number of aromatic nitrogens is 1. The lowest BCUT2D eigenvalue weighted by Crippen LogP contribution is -2.49. The Balaban J connectivity index is 1.71. The van der Waals surface area contributed by atoms with E-state index >= 15 is 0 Å². The van der Waals surface area contributed by atoms with Gasteiger partial charge in [0.1, 0.15) is 0 Å². The second-order valence-electron chi connectivity index (χ2n) is 8.10. The number of hydrogen-bond acceptors (Lipinski definition) is 1. The van der Waals surface area contributed by atoms with E-state index in [1.807, 2.05) is 0 Å². The number of rotatable bonds is 2. The second-order valence-corrected chi connectivity index (χ2v) is 8.10. The lowest BCUT2D eigenvalue weighted by atomic mass is 9.48. The minimum Gasteiger partial charge on any atom is -0.386 e. The second kappa shape index (κ2) is 4.13. The quantitative estimate of drug-likeness (QED) is 0.832. The Morgan fingerprint density at radius 1 is 0.950 bits per heavy atom. The fourth-order valence-corrected chi connectivity index (χ4v) is 5.96. The molecule has 0 aromatic carbocycles. The molecule has 1 unspecified atom stereocenters. The van der Waals surface area contributed by atoms with E-state index in [1.165, 1.54) is 55.3 Å². The number of aliphatic hydroxyl groups excluding tert-OH is 1. The fraction of sp³-hybridized carbons (Fsp3) is 0.778.